The van der Waals surface area contributed by atoms with Crippen LogP contribution in [0.15, 0.2) is 24.3 Å². The van der Waals surface area contributed by atoms with Crippen molar-refractivity contribution in [2.75, 3.05) is 18.0 Å². The van der Waals surface area contributed by atoms with E-state index in [2.05, 4.69) is 16.0 Å². The summed E-state index contributed by atoms with van der Waals surface area (Å²) in [5, 5.41) is 20.6. The van der Waals surface area contributed by atoms with Crippen LogP contribution in [-0.2, 0) is 23.9 Å². The van der Waals surface area contributed by atoms with Crippen molar-refractivity contribution in [1.29, 1.82) is 0 Å². The molecule has 12 nitrogen and oxygen atoms in total. The number of nitrogens with zero attached hydrogens (tertiary/aromatic N) is 2. The fourth-order valence-electron chi connectivity index (χ4n) is 7.64. The molecule has 4 aliphatic rings. The summed E-state index contributed by atoms with van der Waals surface area (Å²) in [5.41, 5.74) is -2.89. The standard InChI is InChI=1S/C36H52ClN5O7/c1-5-16-36(28(44)20-43,39-25-14-15-25)40-31(46)27-19-35(21-41(33(48)49-35)26-13-9-12-24(37)18-26)22-42(27)32(47)30(34(2,3)4)38-29(45)17-23-10-7-6-8-11-23/h9,12-13,18,20,23,25,27-28,30,39,44H,5-8,10-11,14-17,19,21-22H2,1-4H3,(H,38,45)(H,40,46)/t27-,28?,30+,35-,36-/m0/s1. The minimum Gasteiger partial charge on any atom is -0.439 e. The number of benzene rings is 1. The van der Waals surface area contributed by atoms with Crippen molar-refractivity contribution in [1.82, 2.24) is 20.9 Å². The van der Waals surface area contributed by atoms with E-state index in [9.17, 15) is 29.1 Å². The third-order valence-corrected chi connectivity index (χ3v) is 10.6. The van der Waals surface area contributed by atoms with Gasteiger partial charge in [0.15, 0.2) is 11.9 Å². The van der Waals surface area contributed by atoms with Crippen molar-refractivity contribution in [3.8, 4) is 0 Å². The van der Waals surface area contributed by atoms with E-state index in [0.717, 1.165) is 38.5 Å². The van der Waals surface area contributed by atoms with Crippen molar-refractivity contribution in [2.45, 2.75) is 134 Å². The molecule has 2 aliphatic carbocycles. The Balaban J connectivity index is 1.45. The molecule has 1 unspecified atom stereocenters. The van der Waals surface area contributed by atoms with Crippen LogP contribution in [0.25, 0.3) is 0 Å². The molecule has 2 aliphatic heterocycles. The van der Waals surface area contributed by atoms with Gasteiger partial charge in [0.2, 0.25) is 17.7 Å². The summed E-state index contributed by atoms with van der Waals surface area (Å²) in [6, 6.07) is 4.72. The van der Waals surface area contributed by atoms with Crippen LogP contribution in [0.3, 0.4) is 0 Å². The van der Waals surface area contributed by atoms with Crippen LogP contribution in [-0.4, -0.2) is 88.7 Å². The summed E-state index contributed by atoms with van der Waals surface area (Å²) in [4.78, 5) is 70.6. The molecule has 270 valence electrons. The minimum absolute atomic E-state index is 0.0247. The number of halogens is 1. The number of carbonyl (C=O) groups is 5. The summed E-state index contributed by atoms with van der Waals surface area (Å²) in [5.74, 6) is -1.00. The zero-order valence-corrected chi connectivity index (χ0v) is 29.9. The van der Waals surface area contributed by atoms with Gasteiger partial charge in [-0.1, -0.05) is 71.0 Å². The third kappa shape index (κ3) is 8.57. The molecule has 5 atom stereocenters. The highest BCUT2D eigenvalue weighted by atomic mass is 35.5. The Hall–Kier alpha value is -3.22. The molecule has 0 radical (unpaired) electrons. The molecule has 4 amide bonds. The molecular formula is C36H52ClN5O7. The van der Waals surface area contributed by atoms with Gasteiger partial charge in [-0.05, 0) is 61.6 Å². The van der Waals surface area contributed by atoms with E-state index in [1.54, 1.807) is 24.3 Å². The molecule has 0 bridgehead atoms. The van der Waals surface area contributed by atoms with Crippen LogP contribution >= 0.6 is 11.6 Å². The highest BCUT2D eigenvalue weighted by Gasteiger charge is 2.58. The number of rotatable bonds is 13. The van der Waals surface area contributed by atoms with Gasteiger partial charge < -0.3 is 30.2 Å². The number of nitrogens with one attached hydrogen (secondary N) is 3. The van der Waals surface area contributed by atoms with Gasteiger partial charge in [-0.3, -0.25) is 24.6 Å². The first-order valence-electron chi connectivity index (χ1n) is 17.8. The SMILES string of the molecule is CCC[C@@](NC(=O)[C@@H]1C[C@]2(CN(c3cccc(Cl)c3)C(=O)O2)CN1C(=O)[C@@H](NC(=O)CC1CCCCC1)C(C)(C)C)(NC1CC1)C(O)C=O. The Morgan fingerprint density at radius 1 is 1.12 bits per heavy atom. The van der Waals surface area contributed by atoms with Gasteiger partial charge in [-0.2, -0.15) is 0 Å². The van der Waals surface area contributed by atoms with E-state index in [1.807, 2.05) is 27.7 Å². The molecule has 2 saturated carbocycles. The normalized spacial score (nSPS) is 25.4. The van der Waals surface area contributed by atoms with Gasteiger partial charge in [0.1, 0.15) is 23.9 Å². The Morgan fingerprint density at radius 3 is 2.45 bits per heavy atom. The largest absolute Gasteiger partial charge is 0.439 e. The summed E-state index contributed by atoms with van der Waals surface area (Å²) in [6.07, 6.45) is 6.34. The number of carbonyl (C=O) groups excluding carboxylic acids is 5. The zero-order chi connectivity index (χ0) is 35.6. The Kier molecular flexibility index (Phi) is 11.3. The average Bonchev–Trinajstić information content (AvgIpc) is 3.69. The second kappa shape index (κ2) is 14.9. The van der Waals surface area contributed by atoms with Crippen LogP contribution < -0.4 is 20.9 Å². The fraction of sp³-hybridized carbons (Fsp3) is 0.694. The molecule has 0 aromatic heterocycles. The lowest BCUT2D eigenvalue weighted by molar-refractivity contribution is -0.145. The van der Waals surface area contributed by atoms with E-state index in [4.69, 9.17) is 16.3 Å². The lowest BCUT2D eigenvalue weighted by Crippen LogP contribution is -2.69. The Bertz CT molecular complexity index is 1410. The number of aldehydes is 1. The van der Waals surface area contributed by atoms with Gasteiger partial charge in [0.05, 0.1) is 13.1 Å². The maximum atomic E-state index is 14.7. The molecule has 1 spiro atoms. The van der Waals surface area contributed by atoms with Crippen molar-refractivity contribution in [2.24, 2.45) is 11.3 Å². The van der Waals surface area contributed by atoms with Crippen LogP contribution in [0.2, 0.25) is 5.02 Å². The quantitative estimate of drug-likeness (QED) is 0.177. The maximum absolute atomic E-state index is 14.7. The molecular weight excluding hydrogens is 650 g/mol. The highest BCUT2D eigenvalue weighted by Crippen LogP contribution is 2.40. The molecule has 5 rings (SSSR count). The van der Waals surface area contributed by atoms with Crippen LogP contribution in [0, 0.1) is 11.3 Å². The molecule has 2 heterocycles. The first-order valence-corrected chi connectivity index (χ1v) is 18.2. The topological polar surface area (TPSA) is 157 Å². The average molecular weight is 702 g/mol. The molecule has 4 N–H and O–H groups in total. The fourth-order valence-corrected chi connectivity index (χ4v) is 7.82. The van der Waals surface area contributed by atoms with E-state index in [0.29, 0.717) is 29.8 Å². The molecule has 1 aromatic rings. The summed E-state index contributed by atoms with van der Waals surface area (Å²) in [6.45, 7) is 7.44. The number of aliphatic hydroxyl groups excluding tert-OH is 1. The predicted molar refractivity (Wildman–Crippen MR) is 185 cm³/mol. The van der Waals surface area contributed by atoms with Crippen molar-refractivity contribution in [3.05, 3.63) is 29.3 Å². The number of ether oxygens (including phenoxy) is 1. The zero-order valence-electron chi connectivity index (χ0n) is 29.1. The number of likely N-dealkylation sites (tertiary alicyclic amines) is 1. The smallest absolute Gasteiger partial charge is 0.415 e. The number of hydrogen-bond donors (Lipinski definition) is 4. The number of anilines is 1. The second-order valence-electron chi connectivity index (χ2n) is 15.6. The second-order valence-corrected chi connectivity index (χ2v) is 16.0. The van der Waals surface area contributed by atoms with Crippen molar-refractivity contribution >= 4 is 47.4 Å². The first kappa shape index (κ1) is 37.0. The van der Waals surface area contributed by atoms with Crippen LogP contribution in [0.5, 0.6) is 0 Å². The summed E-state index contributed by atoms with van der Waals surface area (Å²) in [7, 11) is 0. The number of amides is 4. The summed E-state index contributed by atoms with van der Waals surface area (Å²) < 4.78 is 6.01. The first-order chi connectivity index (χ1) is 23.2. The molecule has 2 saturated heterocycles. The predicted octanol–water partition coefficient (Wildman–Crippen LogP) is 4.06. The molecule has 13 heteroatoms. The Labute approximate surface area is 294 Å². The van der Waals surface area contributed by atoms with Crippen LogP contribution in [0.4, 0.5) is 10.5 Å². The van der Waals surface area contributed by atoms with Gasteiger partial charge >= 0.3 is 6.09 Å². The van der Waals surface area contributed by atoms with Gasteiger partial charge in [0.25, 0.3) is 0 Å². The van der Waals surface area contributed by atoms with E-state index in [-0.39, 0.29) is 43.8 Å². The van der Waals surface area contributed by atoms with E-state index < -0.39 is 52.8 Å². The summed E-state index contributed by atoms with van der Waals surface area (Å²) >= 11 is 6.23. The van der Waals surface area contributed by atoms with Crippen molar-refractivity contribution in [3.63, 3.8) is 0 Å². The lowest BCUT2D eigenvalue weighted by Gasteiger charge is -2.40. The van der Waals surface area contributed by atoms with Crippen molar-refractivity contribution < 1.29 is 33.8 Å². The Morgan fingerprint density at radius 2 is 1.84 bits per heavy atom. The van der Waals surface area contributed by atoms with Gasteiger partial charge in [-0.25, -0.2) is 4.79 Å². The minimum atomic E-state index is -1.54. The highest BCUT2D eigenvalue weighted by molar-refractivity contribution is 6.30. The molecule has 49 heavy (non-hydrogen) atoms. The third-order valence-electron chi connectivity index (χ3n) is 10.4. The van der Waals surface area contributed by atoms with Gasteiger partial charge in [0, 0.05) is 29.6 Å². The maximum Gasteiger partial charge on any atom is 0.415 e. The van der Waals surface area contributed by atoms with E-state index in [1.165, 1.54) is 16.2 Å². The molecule has 1 aromatic carbocycles. The monoisotopic (exact) mass is 701 g/mol. The number of aliphatic hydroxyl groups is 1. The van der Waals surface area contributed by atoms with Crippen LogP contribution in [0.1, 0.15) is 98.3 Å². The van der Waals surface area contributed by atoms with Gasteiger partial charge in [-0.15, -0.1) is 0 Å². The van der Waals surface area contributed by atoms with E-state index >= 15 is 0 Å². The lowest BCUT2D eigenvalue weighted by atomic mass is 9.84. The molecule has 4 fully saturated rings. The number of hydrogen-bond acceptors (Lipinski definition) is 8.